The van der Waals surface area contributed by atoms with Crippen molar-refractivity contribution in [2.45, 2.75) is 45.1 Å². The number of rotatable bonds is 2. The Bertz CT molecular complexity index is 318. The third-order valence-electron chi connectivity index (χ3n) is 1.63. The second kappa shape index (κ2) is 4.42. The summed E-state index contributed by atoms with van der Waals surface area (Å²) in [5.74, 6) is -2.32. The molecule has 1 N–H and O–H groups in total. The molecule has 8 heteroatoms. The fourth-order valence-electron chi connectivity index (χ4n) is 0.660. The maximum absolute atomic E-state index is 12.4. The summed E-state index contributed by atoms with van der Waals surface area (Å²) >= 11 is 0. The molecule has 100 valence electrons. The molecule has 0 fully saturated rings. The number of alkyl halides is 3. The molecule has 0 saturated carbocycles. The van der Waals surface area contributed by atoms with Crippen LogP contribution in [0.25, 0.3) is 0 Å². The largest absolute Gasteiger partial charge is 0.510 e. The quantitative estimate of drug-likeness (QED) is 0.769. The highest BCUT2D eigenvalue weighted by molar-refractivity contribution is 5.81. The van der Waals surface area contributed by atoms with Crippen molar-refractivity contribution in [1.82, 2.24) is 0 Å². The summed E-state index contributed by atoms with van der Waals surface area (Å²) in [7, 11) is 0. The monoisotopic (exact) mass is 258 g/mol. The summed E-state index contributed by atoms with van der Waals surface area (Å²) < 4.78 is 45.6. The summed E-state index contributed by atoms with van der Waals surface area (Å²) in [5.41, 5.74) is -4.71. The highest BCUT2D eigenvalue weighted by Crippen LogP contribution is 2.34. The van der Waals surface area contributed by atoms with Crippen molar-refractivity contribution in [2.75, 3.05) is 0 Å². The van der Waals surface area contributed by atoms with E-state index in [0.29, 0.717) is 0 Å². The number of hydrogen-bond acceptors (Lipinski definition) is 4. The zero-order valence-corrected chi connectivity index (χ0v) is 9.71. The van der Waals surface area contributed by atoms with Gasteiger partial charge in [-0.2, -0.15) is 13.2 Å². The van der Waals surface area contributed by atoms with E-state index in [0.717, 1.165) is 0 Å². The van der Waals surface area contributed by atoms with Gasteiger partial charge in [0.25, 0.3) is 0 Å². The number of carboxylic acids is 1. The SMILES string of the molecule is CC(C)(C)OC(=O)OC(C)(C(=O)O)C(F)(F)F. The molecule has 0 aromatic heterocycles. The van der Waals surface area contributed by atoms with Crippen LogP contribution in [0.3, 0.4) is 0 Å². The number of aliphatic carboxylic acids is 1. The van der Waals surface area contributed by atoms with Crippen LogP contribution in [0.15, 0.2) is 0 Å². The van der Waals surface area contributed by atoms with E-state index < -0.39 is 29.5 Å². The Hall–Kier alpha value is -1.47. The maximum atomic E-state index is 12.4. The summed E-state index contributed by atoms with van der Waals surface area (Å²) in [6.45, 7) is 4.44. The van der Waals surface area contributed by atoms with Crippen LogP contribution < -0.4 is 0 Å². The highest BCUT2D eigenvalue weighted by Gasteiger charge is 2.61. The molecule has 0 rings (SSSR count). The van der Waals surface area contributed by atoms with E-state index in [1.165, 1.54) is 20.8 Å². The van der Waals surface area contributed by atoms with Gasteiger partial charge in [-0.15, -0.1) is 0 Å². The molecule has 0 spiro atoms. The van der Waals surface area contributed by atoms with Crippen LogP contribution in [0, 0.1) is 0 Å². The summed E-state index contributed by atoms with van der Waals surface area (Å²) in [4.78, 5) is 21.5. The molecule has 0 radical (unpaired) electrons. The van der Waals surface area contributed by atoms with Gasteiger partial charge < -0.3 is 14.6 Å². The Kier molecular flexibility index (Phi) is 4.04. The Morgan fingerprint density at radius 1 is 1.00 bits per heavy atom. The van der Waals surface area contributed by atoms with Gasteiger partial charge in [-0.05, 0) is 27.7 Å². The number of hydrogen-bond donors (Lipinski definition) is 1. The van der Waals surface area contributed by atoms with Gasteiger partial charge in [0.15, 0.2) is 0 Å². The highest BCUT2D eigenvalue weighted by atomic mass is 19.4. The fourth-order valence-corrected chi connectivity index (χ4v) is 0.660. The Labute approximate surface area is 95.5 Å². The van der Waals surface area contributed by atoms with Gasteiger partial charge in [-0.3, -0.25) is 0 Å². The second-order valence-corrected chi connectivity index (χ2v) is 4.40. The van der Waals surface area contributed by atoms with E-state index in [9.17, 15) is 22.8 Å². The molecule has 0 aliphatic heterocycles. The molecule has 17 heavy (non-hydrogen) atoms. The van der Waals surface area contributed by atoms with Crippen LogP contribution in [-0.2, 0) is 14.3 Å². The first-order chi connectivity index (χ1) is 7.29. The van der Waals surface area contributed by atoms with Crippen molar-refractivity contribution in [3.8, 4) is 0 Å². The van der Waals surface area contributed by atoms with Gasteiger partial charge in [0.1, 0.15) is 5.60 Å². The average Bonchev–Trinajstić information content (AvgIpc) is 1.96. The Morgan fingerprint density at radius 2 is 1.41 bits per heavy atom. The molecule has 0 aliphatic carbocycles. The third kappa shape index (κ3) is 4.12. The van der Waals surface area contributed by atoms with Crippen LogP contribution in [0.5, 0.6) is 0 Å². The van der Waals surface area contributed by atoms with E-state index in [-0.39, 0.29) is 6.92 Å². The van der Waals surface area contributed by atoms with Crippen LogP contribution in [0.4, 0.5) is 18.0 Å². The third-order valence-corrected chi connectivity index (χ3v) is 1.63. The molecule has 0 saturated heterocycles. The van der Waals surface area contributed by atoms with Crippen molar-refractivity contribution in [3.05, 3.63) is 0 Å². The Balaban J connectivity index is 4.93. The van der Waals surface area contributed by atoms with E-state index in [1.807, 2.05) is 0 Å². The predicted octanol–water partition coefficient (Wildman–Crippen LogP) is 2.34. The molecule has 0 heterocycles. The number of carbonyl (C=O) groups excluding carboxylic acids is 1. The first-order valence-corrected chi connectivity index (χ1v) is 4.52. The van der Waals surface area contributed by atoms with Gasteiger partial charge in [0, 0.05) is 0 Å². The topological polar surface area (TPSA) is 72.8 Å². The summed E-state index contributed by atoms with van der Waals surface area (Å²) in [6, 6.07) is 0. The molecule has 0 aromatic rings. The van der Waals surface area contributed by atoms with E-state index in [4.69, 9.17) is 5.11 Å². The number of carboxylic acid groups (broad SMARTS) is 1. The number of halogens is 3. The summed E-state index contributed by atoms with van der Waals surface area (Å²) in [6.07, 6.45) is -6.94. The molecule has 0 aliphatic rings. The molecule has 1 atom stereocenters. The molecular weight excluding hydrogens is 245 g/mol. The molecule has 5 nitrogen and oxygen atoms in total. The van der Waals surface area contributed by atoms with Crippen molar-refractivity contribution in [1.29, 1.82) is 0 Å². The Morgan fingerprint density at radius 3 is 1.65 bits per heavy atom. The molecular formula is C9H13F3O5. The molecule has 1 unspecified atom stereocenters. The second-order valence-electron chi connectivity index (χ2n) is 4.40. The van der Waals surface area contributed by atoms with E-state index in [1.54, 1.807) is 0 Å². The lowest BCUT2D eigenvalue weighted by Gasteiger charge is -2.28. The molecule has 0 amide bonds. The van der Waals surface area contributed by atoms with E-state index in [2.05, 4.69) is 9.47 Å². The van der Waals surface area contributed by atoms with Crippen molar-refractivity contribution in [2.24, 2.45) is 0 Å². The average molecular weight is 258 g/mol. The standard InChI is InChI=1S/C9H13F3O5/c1-7(2,3)16-6(15)17-8(4,5(13)14)9(10,11)12/h1-4H3,(H,13,14). The van der Waals surface area contributed by atoms with Gasteiger partial charge in [0.05, 0.1) is 0 Å². The summed E-state index contributed by atoms with van der Waals surface area (Å²) in [5, 5.41) is 8.46. The maximum Gasteiger partial charge on any atom is 0.510 e. The van der Waals surface area contributed by atoms with Gasteiger partial charge in [-0.25, -0.2) is 9.59 Å². The van der Waals surface area contributed by atoms with Crippen LogP contribution in [-0.4, -0.2) is 34.6 Å². The molecule has 0 bridgehead atoms. The van der Waals surface area contributed by atoms with Gasteiger partial charge in [0.2, 0.25) is 0 Å². The smallest absolute Gasteiger partial charge is 0.478 e. The minimum atomic E-state index is -5.24. The van der Waals surface area contributed by atoms with Crippen LogP contribution in [0.1, 0.15) is 27.7 Å². The van der Waals surface area contributed by atoms with Crippen molar-refractivity contribution in [3.63, 3.8) is 0 Å². The minimum absolute atomic E-state index is 0.235. The van der Waals surface area contributed by atoms with E-state index >= 15 is 0 Å². The lowest BCUT2D eigenvalue weighted by atomic mass is 10.1. The van der Waals surface area contributed by atoms with Crippen LogP contribution in [0.2, 0.25) is 0 Å². The minimum Gasteiger partial charge on any atom is -0.478 e. The van der Waals surface area contributed by atoms with Gasteiger partial charge >= 0.3 is 23.9 Å². The zero-order valence-electron chi connectivity index (χ0n) is 9.71. The van der Waals surface area contributed by atoms with Gasteiger partial charge in [-0.1, -0.05) is 0 Å². The number of ether oxygens (including phenoxy) is 2. The fraction of sp³-hybridized carbons (Fsp3) is 0.778. The van der Waals surface area contributed by atoms with Crippen molar-refractivity contribution >= 4 is 12.1 Å². The van der Waals surface area contributed by atoms with Crippen molar-refractivity contribution < 1.29 is 37.3 Å². The lowest BCUT2D eigenvalue weighted by molar-refractivity contribution is -0.259. The first-order valence-electron chi connectivity index (χ1n) is 4.52. The normalized spacial score (nSPS) is 15.9. The zero-order chi connectivity index (χ0) is 14.1. The molecule has 0 aromatic carbocycles. The van der Waals surface area contributed by atoms with Crippen LogP contribution >= 0.6 is 0 Å². The first kappa shape index (κ1) is 15.5. The number of carbonyl (C=O) groups is 2. The predicted molar refractivity (Wildman–Crippen MR) is 49.4 cm³/mol. The lowest BCUT2D eigenvalue weighted by Crippen LogP contribution is -2.53.